The molecule has 3 aromatic rings. The van der Waals surface area contributed by atoms with E-state index in [1.807, 2.05) is 48.5 Å². The number of rotatable bonds is 5. The van der Waals surface area contributed by atoms with Crippen LogP contribution >= 0.6 is 0 Å². The van der Waals surface area contributed by atoms with Gasteiger partial charge < -0.3 is 9.84 Å². The van der Waals surface area contributed by atoms with E-state index >= 15 is 0 Å². The Kier molecular flexibility index (Phi) is 5.12. The van der Waals surface area contributed by atoms with Gasteiger partial charge in [-0.2, -0.15) is 0 Å². The predicted molar refractivity (Wildman–Crippen MR) is 114 cm³/mol. The van der Waals surface area contributed by atoms with E-state index in [2.05, 4.69) is 0 Å². The Labute approximate surface area is 177 Å². The number of benzene rings is 3. The number of nitro benzene ring substituents is 1. The minimum atomic E-state index is -1.29. The molecule has 1 N–H and O–H groups in total. The third-order valence-corrected chi connectivity index (χ3v) is 5.39. The molecular formula is C23H18N2O6. The molecule has 156 valence electrons. The number of ether oxygens (including phenoxy) is 1. The van der Waals surface area contributed by atoms with Gasteiger partial charge in [-0.1, -0.05) is 48.5 Å². The van der Waals surface area contributed by atoms with Crippen molar-refractivity contribution >= 4 is 23.4 Å². The number of aromatic carboxylic acids is 1. The summed E-state index contributed by atoms with van der Waals surface area (Å²) >= 11 is 0. The molecule has 0 heterocycles. The normalized spacial score (nSPS) is 12.0. The van der Waals surface area contributed by atoms with Crippen molar-refractivity contribution in [3.8, 4) is 11.1 Å². The number of amides is 1. The van der Waals surface area contributed by atoms with Crippen LogP contribution in [0, 0.1) is 10.1 Å². The molecule has 0 unspecified atom stereocenters. The molecule has 0 fully saturated rings. The van der Waals surface area contributed by atoms with Crippen molar-refractivity contribution < 1.29 is 24.4 Å². The lowest BCUT2D eigenvalue weighted by atomic mass is 9.98. The first-order chi connectivity index (χ1) is 14.9. The van der Waals surface area contributed by atoms with Crippen LogP contribution in [0.1, 0.15) is 27.4 Å². The lowest BCUT2D eigenvalue weighted by Gasteiger charge is -2.20. The van der Waals surface area contributed by atoms with Crippen molar-refractivity contribution in [2.45, 2.75) is 5.92 Å². The molecule has 8 heteroatoms. The highest BCUT2D eigenvalue weighted by Crippen LogP contribution is 2.44. The second kappa shape index (κ2) is 7.91. The van der Waals surface area contributed by atoms with Crippen LogP contribution in [-0.4, -0.2) is 35.7 Å². The van der Waals surface area contributed by atoms with Gasteiger partial charge in [0, 0.05) is 19.0 Å². The summed E-state index contributed by atoms with van der Waals surface area (Å²) in [5.41, 5.74) is 3.51. The van der Waals surface area contributed by atoms with Gasteiger partial charge in [-0.25, -0.2) is 9.59 Å². The van der Waals surface area contributed by atoms with Gasteiger partial charge in [0.25, 0.3) is 5.69 Å². The summed E-state index contributed by atoms with van der Waals surface area (Å²) in [4.78, 5) is 35.5. The van der Waals surface area contributed by atoms with Crippen molar-refractivity contribution in [3.63, 3.8) is 0 Å². The first kappa shape index (κ1) is 20.1. The summed E-state index contributed by atoms with van der Waals surface area (Å²) in [6.07, 6.45) is -0.770. The van der Waals surface area contributed by atoms with E-state index in [4.69, 9.17) is 9.84 Å². The molecule has 3 aromatic carbocycles. The van der Waals surface area contributed by atoms with Crippen molar-refractivity contribution in [3.05, 3.63) is 93.5 Å². The summed E-state index contributed by atoms with van der Waals surface area (Å²) in [6.45, 7) is 0.0677. The molecule has 1 aliphatic carbocycles. The quantitative estimate of drug-likeness (QED) is 0.476. The first-order valence-electron chi connectivity index (χ1n) is 9.49. The van der Waals surface area contributed by atoms with Gasteiger partial charge >= 0.3 is 12.1 Å². The first-order valence-corrected chi connectivity index (χ1v) is 9.49. The highest BCUT2D eigenvalue weighted by Gasteiger charge is 2.30. The average molecular weight is 418 g/mol. The molecule has 0 atom stereocenters. The monoisotopic (exact) mass is 418 g/mol. The predicted octanol–water partition coefficient (Wildman–Crippen LogP) is 4.68. The van der Waals surface area contributed by atoms with E-state index in [1.165, 1.54) is 19.2 Å². The topological polar surface area (TPSA) is 110 Å². The van der Waals surface area contributed by atoms with Crippen LogP contribution in [-0.2, 0) is 4.74 Å². The Bertz CT molecular complexity index is 1160. The van der Waals surface area contributed by atoms with Gasteiger partial charge in [-0.15, -0.1) is 0 Å². The van der Waals surface area contributed by atoms with Crippen LogP contribution in [0.2, 0.25) is 0 Å². The van der Waals surface area contributed by atoms with Gasteiger partial charge in [0.2, 0.25) is 0 Å². The summed E-state index contributed by atoms with van der Waals surface area (Å²) in [6, 6.07) is 19.2. The van der Waals surface area contributed by atoms with Crippen LogP contribution in [0.4, 0.5) is 16.2 Å². The van der Waals surface area contributed by atoms with E-state index < -0.39 is 22.7 Å². The van der Waals surface area contributed by atoms with Crippen molar-refractivity contribution in [1.29, 1.82) is 0 Å². The fourth-order valence-electron chi connectivity index (χ4n) is 3.88. The van der Waals surface area contributed by atoms with Gasteiger partial charge in [-0.05, 0) is 34.4 Å². The highest BCUT2D eigenvalue weighted by molar-refractivity contribution is 5.94. The zero-order valence-electron chi connectivity index (χ0n) is 16.5. The lowest BCUT2D eigenvalue weighted by Crippen LogP contribution is -2.29. The van der Waals surface area contributed by atoms with Crippen molar-refractivity contribution in [2.24, 2.45) is 0 Å². The molecule has 1 amide bonds. The number of nitrogens with zero attached hydrogens (tertiary/aromatic N) is 2. The van der Waals surface area contributed by atoms with E-state index in [1.54, 1.807) is 0 Å². The zero-order valence-corrected chi connectivity index (χ0v) is 16.5. The number of carboxylic acids is 1. The second-order valence-electron chi connectivity index (χ2n) is 7.13. The Morgan fingerprint density at radius 3 is 2.16 bits per heavy atom. The Balaban J connectivity index is 1.56. The van der Waals surface area contributed by atoms with Crippen molar-refractivity contribution in [1.82, 2.24) is 0 Å². The number of carbonyl (C=O) groups is 2. The standard InChI is InChI=1S/C23H18N2O6/c1-24(20-11-10-14(22(26)27)12-21(20)25(29)30)23(28)31-13-19-17-8-4-2-6-15(17)16-7-3-5-9-18(16)19/h2-12,19H,13H2,1H3,(H,26,27). The third kappa shape index (κ3) is 3.59. The van der Waals surface area contributed by atoms with Gasteiger partial charge in [0.15, 0.2) is 0 Å². The average Bonchev–Trinajstić information content (AvgIpc) is 3.10. The maximum absolute atomic E-state index is 12.7. The number of fused-ring (bicyclic) bond motifs is 3. The lowest BCUT2D eigenvalue weighted by molar-refractivity contribution is -0.384. The van der Waals surface area contributed by atoms with Crippen LogP contribution in [0.25, 0.3) is 11.1 Å². The van der Waals surface area contributed by atoms with E-state index in [9.17, 15) is 19.7 Å². The Morgan fingerprint density at radius 2 is 1.61 bits per heavy atom. The number of carbonyl (C=O) groups excluding carboxylic acids is 1. The fourth-order valence-corrected chi connectivity index (χ4v) is 3.88. The minimum Gasteiger partial charge on any atom is -0.478 e. The smallest absolute Gasteiger partial charge is 0.414 e. The van der Waals surface area contributed by atoms with Crippen LogP contribution in [0.5, 0.6) is 0 Å². The van der Waals surface area contributed by atoms with E-state index in [-0.39, 0.29) is 23.8 Å². The summed E-state index contributed by atoms with van der Waals surface area (Å²) in [5, 5.41) is 20.5. The maximum Gasteiger partial charge on any atom is 0.414 e. The van der Waals surface area contributed by atoms with Crippen LogP contribution in [0.3, 0.4) is 0 Å². The summed E-state index contributed by atoms with van der Waals surface area (Å²) in [5.74, 6) is -1.44. The van der Waals surface area contributed by atoms with Crippen LogP contribution < -0.4 is 4.90 Å². The zero-order chi connectivity index (χ0) is 22.1. The third-order valence-electron chi connectivity index (χ3n) is 5.39. The number of hydrogen-bond acceptors (Lipinski definition) is 5. The molecule has 0 aromatic heterocycles. The molecule has 31 heavy (non-hydrogen) atoms. The maximum atomic E-state index is 12.7. The molecule has 0 bridgehead atoms. The van der Waals surface area contributed by atoms with E-state index in [0.29, 0.717) is 0 Å². The van der Waals surface area contributed by atoms with E-state index in [0.717, 1.165) is 33.2 Å². The molecular weight excluding hydrogens is 400 g/mol. The molecule has 0 radical (unpaired) electrons. The molecule has 0 spiro atoms. The van der Waals surface area contributed by atoms with Gasteiger partial charge in [-0.3, -0.25) is 15.0 Å². The number of anilines is 1. The molecule has 8 nitrogen and oxygen atoms in total. The minimum absolute atomic E-state index is 0.0489. The van der Waals surface area contributed by atoms with Crippen LogP contribution in [0.15, 0.2) is 66.7 Å². The Morgan fingerprint density at radius 1 is 1.03 bits per heavy atom. The summed E-state index contributed by atoms with van der Waals surface area (Å²) in [7, 11) is 1.35. The van der Waals surface area contributed by atoms with Crippen molar-refractivity contribution in [2.75, 3.05) is 18.6 Å². The van der Waals surface area contributed by atoms with Gasteiger partial charge in [0.1, 0.15) is 12.3 Å². The largest absolute Gasteiger partial charge is 0.478 e. The fraction of sp³-hybridized carbons (Fsp3) is 0.130. The molecule has 0 aliphatic heterocycles. The summed E-state index contributed by atoms with van der Waals surface area (Å²) < 4.78 is 5.52. The number of nitro groups is 1. The van der Waals surface area contributed by atoms with Gasteiger partial charge in [0.05, 0.1) is 10.5 Å². The second-order valence-corrected chi connectivity index (χ2v) is 7.13. The SMILES string of the molecule is CN(C(=O)OCC1c2ccccc2-c2ccccc21)c1ccc(C(=O)O)cc1[N+](=O)[O-]. The Hall–Kier alpha value is -4.20. The number of carboxylic acid groups (broad SMARTS) is 1. The molecule has 1 aliphatic rings. The molecule has 4 rings (SSSR count). The molecule has 0 saturated heterocycles. The highest BCUT2D eigenvalue weighted by atomic mass is 16.6. The number of hydrogen-bond donors (Lipinski definition) is 1. The molecule has 0 saturated carbocycles.